The molecular weight excluding hydrogens is 278 g/mol. The van der Waals surface area contributed by atoms with Gasteiger partial charge in [0.15, 0.2) is 0 Å². The van der Waals surface area contributed by atoms with Crippen LogP contribution in [0.3, 0.4) is 0 Å². The second-order valence-electron chi connectivity index (χ2n) is 4.33. The number of phenolic OH excluding ortho intramolecular Hbond substituents is 1. The molecule has 0 aliphatic carbocycles. The number of aromatic nitrogens is 1. The van der Waals surface area contributed by atoms with E-state index >= 15 is 0 Å². The van der Waals surface area contributed by atoms with Crippen LogP contribution >= 0.6 is 11.6 Å². The Balaban J connectivity index is 1.94. The molecule has 0 saturated heterocycles. The highest BCUT2D eigenvalue weighted by Crippen LogP contribution is 2.12. The van der Waals surface area contributed by atoms with Crippen LogP contribution in [0, 0.1) is 0 Å². The van der Waals surface area contributed by atoms with E-state index < -0.39 is 6.04 Å². The fourth-order valence-corrected chi connectivity index (χ4v) is 1.76. The van der Waals surface area contributed by atoms with Crippen molar-refractivity contribution in [3.63, 3.8) is 0 Å². The number of amides is 1. The number of carbonyl (C=O) groups excluding carboxylic acids is 1. The fourth-order valence-electron chi connectivity index (χ4n) is 1.65. The molecule has 0 unspecified atom stereocenters. The molecule has 0 fully saturated rings. The number of benzene rings is 1. The van der Waals surface area contributed by atoms with Gasteiger partial charge in [0.2, 0.25) is 5.91 Å². The molecule has 104 valence electrons. The topological polar surface area (TPSA) is 88.2 Å². The number of aromatic hydroxyl groups is 1. The summed E-state index contributed by atoms with van der Waals surface area (Å²) in [6.07, 6.45) is 1.82. The zero-order valence-corrected chi connectivity index (χ0v) is 11.3. The molecule has 0 bridgehead atoms. The third-order valence-corrected chi connectivity index (χ3v) is 2.93. The molecule has 1 aromatic carbocycles. The van der Waals surface area contributed by atoms with Crippen molar-refractivity contribution in [3.8, 4) is 5.75 Å². The number of carbonyl (C=O) groups is 1. The van der Waals surface area contributed by atoms with Crippen LogP contribution in [0.25, 0.3) is 0 Å². The Kier molecular flexibility index (Phi) is 4.55. The molecule has 0 spiro atoms. The molecule has 1 amide bonds. The van der Waals surface area contributed by atoms with Crippen LogP contribution in [-0.4, -0.2) is 22.0 Å². The molecule has 20 heavy (non-hydrogen) atoms. The largest absolute Gasteiger partial charge is 0.508 e. The number of anilines is 1. The number of rotatable bonds is 4. The van der Waals surface area contributed by atoms with E-state index in [-0.39, 0.29) is 11.7 Å². The number of pyridine rings is 1. The summed E-state index contributed by atoms with van der Waals surface area (Å²) in [7, 11) is 0. The van der Waals surface area contributed by atoms with E-state index in [4.69, 9.17) is 17.3 Å². The minimum absolute atomic E-state index is 0.178. The van der Waals surface area contributed by atoms with Gasteiger partial charge in [0.05, 0.1) is 11.1 Å². The van der Waals surface area contributed by atoms with E-state index in [0.29, 0.717) is 17.3 Å². The molecule has 1 aromatic heterocycles. The van der Waals surface area contributed by atoms with Crippen molar-refractivity contribution in [2.24, 2.45) is 5.73 Å². The summed E-state index contributed by atoms with van der Waals surface area (Å²) in [6.45, 7) is 0. The van der Waals surface area contributed by atoms with Gasteiger partial charge in [0, 0.05) is 6.20 Å². The van der Waals surface area contributed by atoms with Gasteiger partial charge in [-0.1, -0.05) is 23.7 Å². The van der Waals surface area contributed by atoms with E-state index in [1.165, 1.54) is 6.20 Å². The van der Waals surface area contributed by atoms with Crippen molar-refractivity contribution < 1.29 is 9.90 Å². The first-order valence-corrected chi connectivity index (χ1v) is 6.38. The van der Waals surface area contributed by atoms with Crippen LogP contribution in [-0.2, 0) is 11.2 Å². The lowest BCUT2D eigenvalue weighted by Gasteiger charge is -2.12. The first-order valence-electron chi connectivity index (χ1n) is 6.00. The smallest absolute Gasteiger partial charge is 0.242 e. The van der Waals surface area contributed by atoms with Crippen LogP contribution in [0.4, 0.5) is 5.82 Å². The highest BCUT2D eigenvalue weighted by molar-refractivity contribution is 6.30. The molecule has 2 aromatic rings. The lowest BCUT2D eigenvalue weighted by Crippen LogP contribution is -2.37. The van der Waals surface area contributed by atoms with E-state index in [2.05, 4.69) is 10.3 Å². The summed E-state index contributed by atoms with van der Waals surface area (Å²) in [4.78, 5) is 15.9. The van der Waals surface area contributed by atoms with Crippen molar-refractivity contribution in [2.45, 2.75) is 12.5 Å². The second-order valence-corrected chi connectivity index (χ2v) is 4.76. The van der Waals surface area contributed by atoms with Gasteiger partial charge in [-0.05, 0) is 36.2 Å². The number of nitrogens with one attached hydrogen (secondary N) is 1. The maximum atomic E-state index is 11.9. The van der Waals surface area contributed by atoms with Gasteiger partial charge in [-0.2, -0.15) is 0 Å². The molecule has 1 atom stereocenters. The molecule has 5 nitrogen and oxygen atoms in total. The van der Waals surface area contributed by atoms with Crippen LogP contribution in [0.2, 0.25) is 5.02 Å². The monoisotopic (exact) mass is 291 g/mol. The van der Waals surface area contributed by atoms with Gasteiger partial charge in [-0.15, -0.1) is 0 Å². The molecule has 6 heteroatoms. The summed E-state index contributed by atoms with van der Waals surface area (Å²) in [5, 5.41) is 12.3. The quantitative estimate of drug-likeness (QED) is 0.803. The lowest BCUT2D eigenvalue weighted by molar-refractivity contribution is -0.117. The van der Waals surface area contributed by atoms with Gasteiger partial charge < -0.3 is 16.2 Å². The average molecular weight is 292 g/mol. The van der Waals surface area contributed by atoms with Crippen molar-refractivity contribution in [1.82, 2.24) is 4.98 Å². The zero-order valence-electron chi connectivity index (χ0n) is 10.6. The molecule has 1 heterocycles. The number of nitrogens with two attached hydrogens (primary N) is 1. The molecule has 0 saturated carbocycles. The summed E-state index contributed by atoms with van der Waals surface area (Å²) in [5.74, 6) is 0.255. The number of phenols is 1. The minimum Gasteiger partial charge on any atom is -0.508 e. The zero-order chi connectivity index (χ0) is 14.5. The SMILES string of the molecule is N[C@@H](Cc1ccc(O)cc1)C(=O)Nc1ccc(Cl)cn1. The molecule has 0 radical (unpaired) electrons. The lowest BCUT2D eigenvalue weighted by atomic mass is 10.1. The first kappa shape index (κ1) is 14.3. The molecule has 4 N–H and O–H groups in total. The average Bonchev–Trinajstić information content (AvgIpc) is 2.44. The Labute approximate surface area is 121 Å². The third-order valence-electron chi connectivity index (χ3n) is 2.71. The van der Waals surface area contributed by atoms with Crippen LogP contribution in [0.1, 0.15) is 5.56 Å². The highest BCUT2D eigenvalue weighted by atomic mass is 35.5. The van der Waals surface area contributed by atoms with E-state index in [9.17, 15) is 9.90 Å². The molecule has 0 aliphatic rings. The maximum absolute atomic E-state index is 11.9. The van der Waals surface area contributed by atoms with Gasteiger partial charge in [-0.25, -0.2) is 4.98 Å². The van der Waals surface area contributed by atoms with E-state index in [0.717, 1.165) is 5.56 Å². The number of halogens is 1. The van der Waals surface area contributed by atoms with E-state index in [1.807, 2.05) is 0 Å². The fraction of sp³-hybridized carbons (Fsp3) is 0.143. The minimum atomic E-state index is -0.697. The summed E-state index contributed by atoms with van der Waals surface area (Å²) < 4.78 is 0. The normalized spacial score (nSPS) is 11.9. The summed E-state index contributed by atoms with van der Waals surface area (Å²) in [6, 6.07) is 9.10. The van der Waals surface area contributed by atoms with Crippen LogP contribution in [0.15, 0.2) is 42.6 Å². The third kappa shape index (κ3) is 3.94. The van der Waals surface area contributed by atoms with Gasteiger partial charge in [-0.3, -0.25) is 4.79 Å². The summed E-state index contributed by atoms with van der Waals surface area (Å²) in [5.41, 5.74) is 6.71. The van der Waals surface area contributed by atoms with Crippen LogP contribution < -0.4 is 11.1 Å². The van der Waals surface area contributed by atoms with Crippen molar-refractivity contribution >= 4 is 23.3 Å². The van der Waals surface area contributed by atoms with Crippen LogP contribution in [0.5, 0.6) is 5.75 Å². The number of hydrogen-bond donors (Lipinski definition) is 3. The molecule has 2 rings (SSSR count). The van der Waals surface area contributed by atoms with Crippen molar-refractivity contribution in [2.75, 3.05) is 5.32 Å². The Bertz CT molecular complexity index is 584. The predicted molar refractivity (Wildman–Crippen MR) is 77.7 cm³/mol. The number of hydrogen-bond acceptors (Lipinski definition) is 4. The van der Waals surface area contributed by atoms with Gasteiger partial charge in [0.25, 0.3) is 0 Å². The molecule has 0 aliphatic heterocycles. The predicted octanol–water partition coefficient (Wildman–Crippen LogP) is 1.95. The summed E-state index contributed by atoms with van der Waals surface area (Å²) >= 11 is 5.71. The first-order chi connectivity index (χ1) is 9.54. The van der Waals surface area contributed by atoms with Gasteiger partial charge >= 0.3 is 0 Å². The Morgan fingerprint density at radius 1 is 1.30 bits per heavy atom. The second kappa shape index (κ2) is 6.36. The van der Waals surface area contributed by atoms with E-state index in [1.54, 1.807) is 36.4 Å². The Morgan fingerprint density at radius 3 is 2.60 bits per heavy atom. The van der Waals surface area contributed by atoms with Crippen molar-refractivity contribution in [1.29, 1.82) is 0 Å². The Hall–Kier alpha value is -2.11. The molecular formula is C14H14ClN3O2. The maximum Gasteiger partial charge on any atom is 0.242 e. The number of nitrogens with zero attached hydrogens (tertiary/aromatic N) is 1. The van der Waals surface area contributed by atoms with Crippen molar-refractivity contribution in [3.05, 3.63) is 53.2 Å². The van der Waals surface area contributed by atoms with Gasteiger partial charge in [0.1, 0.15) is 11.6 Å². The highest BCUT2D eigenvalue weighted by Gasteiger charge is 2.14. The Morgan fingerprint density at radius 2 is 2.00 bits per heavy atom. The standard InChI is InChI=1S/C14H14ClN3O2/c15-10-3-6-13(17-8-10)18-14(20)12(16)7-9-1-4-11(19)5-2-9/h1-6,8,12,19H,7,16H2,(H,17,18,20)/t12-/m0/s1.